The van der Waals surface area contributed by atoms with Crippen molar-refractivity contribution in [3.63, 3.8) is 0 Å². The molecule has 0 saturated heterocycles. The summed E-state index contributed by atoms with van der Waals surface area (Å²) in [6.07, 6.45) is 10.00. The summed E-state index contributed by atoms with van der Waals surface area (Å²) >= 11 is 0. The molecule has 0 aliphatic carbocycles. The van der Waals surface area contributed by atoms with Gasteiger partial charge in [-0.1, -0.05) is 57.6 Å². The van der Waals surface area contributed by atoms with Gasteiger partial charge in [0.1, 0.15) is 17.1 Å². The van der Waals surface area contributed by atoms with Crippen molar-refractivity contribution in [3.05, 3.63) is 53.6 Å². The van der Waals surface area contributed by atoms with E-state index >= 15 is 0 Å². The second kappa shape index (κ2) is 13.1. The molecule has 0 aliphatic rings. The van der Waals surface area contributed by atoms with E-state index in [4.69, 9.17) is 9.84 Å². The Morgan fingerprint density at radius 2 is 1.56 bits per heavy atom. The number of unbranched alkanes of at least 4 members (excludes halogenated alkanes) is 6. The highest BCUT2D eigenvalue weighted by Gasteiger charge is 2.15. The maximum atomic E-state index is 12.6. The standard InChI is InChI=1S/C25H34O6S/c1-2-3-4-5-6-7-8-10-20-11-14-22(15-12-20)32(29,30)18-9-17-31-21-13-16-24(26)23(19-21)25(27)28/h11-16,19,26H,2-10,17-18H2,1H3,(H,27,28). The number of rotatable bonds is 15. The normalized spacial score (nSPS) is 11.4. The molecule has 2 rings (SSSR count). The van der Waals surface area contributed by atoms with Gasteiger partial charge in [0.25, 0.3) is 0 Å². The van der Waals surface area contributed by atoms with E-state index in [9.17, 15) is 18.3 Å². The average molecular weight is 463 g/mol. The zero-order valence-corrected chi connectivity index (χ0v) is 19.6. The Hall–Kier alpha value is -2.54. The quantitative estimate of drug-likeness (QED) is 0.333. The lowest BCUT2D eigenvalue weighted by Crippen LogP contribution is -2.11. The molecule has 0 unspecified atom stereocenters. The average Bonchev–Trinajstić information content (AvgIpc) is 2.77. The molecule has 0 atom stereocenters. The van der Waals surface area contributed by atoms with Crippen LogP contribution in [-0.4, -0.2) is 37.0 Å². The largest absolute Gasteiger partial charge is 0.507 e. The van der Waals surface area contributed by atoms with Crippen molar-refractivity contribution in [1.82, 2.24) is 0 Å². The van der Waals surface area contributed by atoms with Crippen LogP contribution >= 0.6 is 0 Å². The second-order valence-corrected chi connectivity index (χ2v) is 10.1. The Balaban J connectivity index is 1.75. The smallest absolute Gasteiger partial charge is 0.339 e. The monoisotopic (exact) mass is 462 g/mol. The summed E-state index contributed by atoms with van der Waals surface area (Å²) < 4.78 is 30.6. The molecular weight excluding hydrogens is 428 g/mol. The highest BCUT2D eigenvalue weighted by Crippen LogP contribution is 2.23. The van der Waals surface area contributed by atoms with Gasteiger partial charge in [-0.15, -0.1) is 0 Å². The van der Waals surface area contributed by atoms with Gasteiger partial charge in [0.2, 0.25) is 0 Å². The second-order valence-electron chi connectivity index (χ2n) is 8.02. The van der Waals surface area contributed by atoms with Crippen molar-refractivity contribution >= 4 is 15.8 Å². The van der Waals surface area contributed by atoms with Gasteiger partial charge in [-0.3, -0.25) is 0 Å². The Bertz CT molecular complexity index is 951. The minimum absolute atomic E-state index is 0.0615. The van der Waals surface area contributed by atoms with Crippen LogP contribution in [-0.2, 0) is 16.3 Å². The lowest BCUT2D eigenvalue weighted by Gasteiger charge is -2.09. The summed E-state index contributed by atoms with van der Waals surface area (Å²) in [4.78, 5) is 11.3. The van der Waals surface area contributed by atoms with Gasteiger partial charge in [0.15, 0.2) is 9.84 Å². The van der Waals surface area contributed by atoms with Crippen molar-refractivity contribution in [2.24, 2.45) is 0 Å². The highest BCUT2D eigenvalue weighted by molar-refractivity contribution is 7.91. The van der Waals surface area contributed by atoms with Gasteiger partial charge >= 0.3 is 5.97 Å². The van der Waals surface area contributed by atoms with Crippen LogP contribution in [0.3, 0.4) is 0 Å². The minimum atomic E-state index is -3.41. The van der Waals surface area contributed by atoms with Crippen molar-refractivity contribution in [2.75, 3.05) is 12.4 Å². The summed E-state index contributed by atoms with van der Waals surface area (Å²) in [5, 5.41) is 18.5. The topological polar surface area (TPSA) is 101 Å². The minimum Gasteiger partial charge on any atom is -0.507 e. The first-order valence-corrected chi connectivity index (χ1v) is 13.0. The zero-order chi connectivity index (χ0) is 23.4. The fourth-order valence-corrected chi connectivity index (χ4v) is 4.77. The number of carboxylic acid groups (broad SMARTS) is 1. The van der Waals surface area contributed by atoms with E-state index in [0.29, 0.717) is 4.90 Å². The zero-order valence-electron chi connectivity index (χ0n) is 18.8. The van der Waals surface area contributed by atoms with Crippen LogP contribution in [0.25, 0.3) is 0 Å². The van der Waals surface area contributed by atoms with E-state index in [-0.39, 0.29) is 35.8 Å². The van der Waals surface area contributed by atoms with Gasteiger partial charge < -0.3 is 14.9 Å². The van der Waals surface area contributed by atoms with Crippen LogP contribution in [0, 0.1) is 0 Å². The molecule has 0 amide bonds. The third-order valence-electron chi connectivity index (χ3n) is 5.38. The maximum Gasteiger partial charge on any atom is 0.339 e. The first-order chi connectivity index (χ1) is 15.3. The number of benzene rings is 2. The molecule has 0 aliphatic heterocycles. The molecule has 176 valence electrons. The molecule has 0 heterocycles. The number of aromatic carboxylic acids is 1. The molecule has 2 aromatic rings. The van der Waals surface area contributed by atoms with Crippen LogP contribution in [0.5, 0.6) is 11.5 Å². The Morgan fingerprint density at radius 3 is 2.22 bits per heavy atom. The Morgan fingerprint density at radius 1 is 0.906 bits per heavy atom. The highest BCUT2D eigenvalue weighted by atomic mass is 32.2. The van der Waals surface area contributed by atoms with Gasteiger partial charge in [-0.05, 0) is 55.2 Å². The predicted octanol–water partition coefficient (Wildman–Crippen LogP) is 5.63. The predicted molar refractivity (Wildman–Crippen MR) is 125 cm³/mol. The van der Waals surface area contributed by atoms with Gasteiger partial charge in [-0.25, -0.2) is 13.2 Å². The van der Waals surface area contributed by atoms with Crippen molar-refractivity contribution < 1.29 is 28.2 Å². The molecule has 0 radical (unpaired) electrons. The fraction of sp³-hybridized carbons (Fsp3) is 0.480. The third-order valence-corrected chi connectivity index (χ3v) is 7.19. The number of hydrogen-bond donors (Lipinski definition) is 2. The molecule has 7 heteroatoms. The summed E-state index contributed by atoms with van der Waals surface area (Å²) in [6.45, 7) is 2.34. The fourth-order valence-electron chi connectivity index (χ4n) is 3.48. The number of aromatic hydroxyl groups is 1. The number of hydrogen-bond acceptors (Lipinski definition) is 5. The summed E-state index contributed by atoms with van der Waals surface area (Å²) in [5.74, 6) is -1.39. The number of carbonyl (C=O) groups is 1. The van der Waals surface area contributed by atoms with E-state index in [1.807, 2.05) is 12.1 Å². The van der Waals surface area contributed by atoms with E-state index < -0.39 is 15.8 Å². The lowest BCUT2D eigenvalue weighted by atomic mass is 10.0. The summed E-state index contributed by atoms with van der Waals surface area (Å²) in [5.41, 5.74) is 0.897. The first kappa shape index (κ1) is 25.7. The summed E-state index contributed by atoms with van der Waals surface area (Å²) in [6, 6.07) is 11.0. The van der Waals surface area contributed by atoms with E-state index in [1.54, 1.807) is 12.1 Å². The number of carboxylic acids is 1. The van der Waals surface area contributed by atoms with Crippen LogP contribution in [0.4, 0.5) is 0 Å². The van der Waals surface area contributed by atoms with Crippen LogP contribution in [0.2, 0.25) is 0 Å². The van der Waals surface area contributed by atoms with E-state index in [1.165, 1.54) is 56.7 Å². The maximum absolute atomic E-state index is 12.6. The molecule has 0 aromatic heterocycles. The molecule has 6 nitrogen and oxygen atoms in total. The molecule has 2 aromatic carbocycles. The van der Waals surface area contributed by atoms with Crippen LogP contribution in [0.15, 0.2) is 47.4 Å². The van der Waals surface area contributed by atoms with Crippen LogP contribution in [0.1, 0.15) is 74.2 Å². The first-order valence-electron chi connectivity index (χ1n) is 11.3. The number of aryl methyl sites for hydroxylation is 1. The van der Waals surface area contributed by atoms with Gasteiger partial charge in [0, 0.05) is 0 Å². The molecule has 32 heavy (non-hydrogen) atoms. The van der Waals surface area contributed by atoms with Gasteiger partial charge in [0.05, 0.1) is 17.3 Å². The molecule has 0 bridgehead atoms. The molecule has 0 fully saturated rings. The van der Waals surface area contributed by atoms with Crippen molar-refractivity contribution in [2.45, 2.75) is 69.6 Å². The third kappa shape index (κ3) is 8.54. The Labute approximate surface area is 191 Å². The van der Waals surface area contributed by atoms with Gasteiger partial charge in [-0.2, -0.15) is 0 Å². The van der Waals surface area contributed by atoms with E-state index in [0.717, 1.165) is 18.4 Å². The number of ether oxygens (including phenoxy) is 1. The lowest BCUT2D eigenvalue weighted by molar-refractivity contribution is 0.0693. The number of phenols is 1. The number of sulfone groups is 1. The van der Waals surface area contributed by atoms with E-state index in [2.05, 4.69) is 6.92 Å². The molecule has 0 spiro atoms. The summed E-state index contributed by atoms with van der Waals surface area (Å²) in [7, 11) is -3.41. The molecule has 2 N–H and O–H groups in total. The molecular formula is C25H34O6S. The Kier molecular flexibility index (Phi) is 10.5. The van der Waals surface area contributed by atoms with Crippen LogP contribution < -0.4 is 4.74 Å². The van der Waals surface area contributed by atoms with Crippen molar-refractivity contribution in [1.29, 1.82) is 0 Å². The molecule has 0 saturated carbocycles. The SMILES string of the molecule is CCCCCCCCCc1ccc(S(=O)(=O)CCCOc2ccc(O)c(C(=O)O)c2)cc1. The van der Waals surface area contributed by atoms with Crippen molar-refractivity contribution in [3.8, 4) is 11.5 Å².